The number of hydrogen-bond donors (Lipinski definition) is 3. The van der Waals surface area contributed by atoms with Crippen LogP contribution >= 0.6 is 0 Å². The molecule has 0 aliphatic rings. The molecule has 0 saturated heterocycles. The van der Waals surface area contributed by atoms with E-state index in [1.165, 1.54) is 57.5 Å². The van der Waals surface area contributed by atoms with Gasteiger partial charge < -0.3 is 19.5 Å². The van der Waals surface area contributed by atoms with E-state index in [0.717, 1.165) is 0 Å². The summed E-state index contributed by atoms with van der Waals surface area (Å²) in [5, 5.41) is 3.32. The normalized spacial score (nSPS) is 11.7. The number of sulfonamides is 1. The number of halogens is 2. The van der Waals surface area contributed by atoms with Crippen molar-refractivity contribution >= 4 is 43.5 Å². The second-order valence-corrected chi connectivity index (χ2v) is 11.8. The third-order valence-corrected chi connectivity index (χ3v) is 8.38. The lowest BCUT2D eigenvalue weighted by atomic mass is 10.0. The molecule has 1 amide bonds. The zero-order chi connectivity index (χ0) is 31.2. The van der Waals surface area contributed by atoms with Gasteiger partial charge in [0.05, 0.1) is 41.2 Å². The number of amides is 1. The third-order valence-electron chi connectivity index (χ3n) is 7.09. The van der Waals surface area contributed by atoms with E-state index in [1.807, 2.05) is 0 Å². The van der Waals surface area contributed by atoms with Crippen LogP contribution in [0.4, 0.5) is 14.5 Å². The molecule has 0 bridgehead atoms. The molecule has 0 fully saturated rings. The number of H-pyrrole nitrogens is 1. The summed E-state index contributed by atoms with van der Waals surface area (Å²) in [4.78, 5) is 25.2. The highest BCUT2D eigenvalue weighted by atomic mass is 32.2. The first-order valence-corrected chi connectivity index (χ1v) is 15.1. The van der Waals surface area contributed by atoms with E-state index in [-0.39, 0.29) is 45.6 Å². The van der Waals surface area contributed by atoms with Crippen molar-refractivity contribution in [1.29, 1.82) is 0 Å². The number of aromatic nitrogens is 3. The summed E-state index contributed by atoms with van der Waals surface area (Å²) in [6.45, 7) is 1.49. The van der Waals surface area contributed by atoms with Crippen LogP contribution in [0.3, 0.4) is 0 Å². The maximum atomic E-state index is 14.5. The van der Waals surface area contributed by atoms with E-state index >= 15 is 0 Å². The van der Waals surface area contributed by atoms with Gasteiger partial charge in [-0.05, 0) is 61.5 Å². The number of aromatic amines is 1. The van der Waals surface area contributed by atoms with Gasteiger partial charge in [-0.25, -0.2) is 17.2 Å². The smallest absolute Gasteiger partial charge is 0.317 e. The average molecular weight is 618 g/mol. The fourth-order valence-corrected chi connectivity index (χ4v) is 5.53. The van der Waals surface area contributed by atoms with E-state index in [1.54, 1.807) is 30.3 Å². The van der Waals surface area contributed by atoms with Gasteiger partial charge in [-0.1, -0.05) is 6.07 Å². The van der Waals surface area contributed by atoms with Crippen LogP contribution in [-0.4, -0.2) is 49.2 Å². The van der Waals surface area contributed by atoms with Crippen LogP contribution < -0.4 is 14.8 Å². The lowest BCUT2D eigenvalue weighted by Crippen LogP contribution is -2.18. The van der Waals surface area contributed by atoms with E-state index in [4.69, 9.17) is 9.15 Å². The second-order valence-electron chi connectivity index (χ2n) is 9.80. The van der Waals surface area contributed by atoms with Gasteiger partial charge in [0.1, 0.15) is 23.0 Å². The zero-order valence-electron chi connectivity index (χ0n) is 23.7. The number of carbonyl (C=O) groups excluding carboxylic acids is 1. The molecule has 3 aromatic carbocycles. The first-order valence-electron chi connectivity index (χ1n) is 13.4. The number of ether oxygens (including phenoxy) is 1. The third kappa shape index (κ3) is 5.22. The van der Waals surface area contributed by atoms with Crippen molar-refractivity contribution in [3.63, 3.8) is 0 Å². The maximum Gasteiger partial charge on any atom is 0.317 e. The Hall–Kier alpha value is -5.30. The molecule has 3 heterocycles. The van der Waals surface area contributed by atoms with Gasteiger partial charge in [-0.2, -0.15) is 9.97 Å². The number of hydrogen-bond acceptors (Lipinski definition) is 7. The fourth-order valence-electron chi connectivity index (χ4n) is 4.88. The molecule has 0 aliphatic carbocycles. The Balaban J connectivity index is 1.62. The maximum absolute atomic E-state index is 14.5. The van der Waals surface area contributed by atoms with Crippen molar-refractivity contribution in [1.82, 2.24) is 20.3 Å². The van der Waals surface area contributed by atoms with Crippen LogP contribution in [0.5, 0.6) is 6.01 Å². The van der Waals surface area contributed by atoms with Gasteiger partial charge >= 0.3 is 6.01 Å². The quantitative estimate of drug-likeness (QED) is 0.187. The lowest BCUT2D eigenvalue weighted by molar-refractivity contribution is 0.0964. The van der Waals surface area contributed by atoms with Crippen LogP contribution in [0.25, 0.3) is 55.8 Å². The predicted octanol–water partition coefficient (Wildman–Crippen LogP) is 6.11. The topological polar surface area (TPSA) is 139 Å². The Morgan fingerprint density at radius 3 is 2.43 bits per heavy atom. The Morgan fingerprint density at radius 2 is 1.75 bits per heavy atom. The molecule has 3 aromatic heterocycles. The Bertz CT molecular complexity index is 2180. The molecule has 44 heavy (non-hydrogen) atoms. The molecule has 6 rings (SSSR count). The second kappa shape index (κ2) is 11.1. The first-order chi connectivity index (χ1) is 21.1. The van der Waals surface area contributed by atoms with Crippen molar-refractivity contribution < 1.29 is 31.1 Å². The average Bonchev–Trinajstić information content (AvgIpc) is 3.63. The van der Waals surface area contributed by atoms with Crippen LogP contribution in [-0.2, 0) is 10.0 Å². The highest BCUT2D eigenvalue weighted by Crippen LogP contribution is 2.40. The number of nitrogens with zero attached hydrogens (tertiary/aromatic N) is 2. The number of carbonyl (C=O) groups is 1. The Labute approximate surface area is 250 Å². The molecule has 13 heteroatoms. The minimum atomic E-state index is -3.79. The Morgan fingerprint density at radius 1 is 1.00 bits per heavy atom. The van der Waals surface area contributed by atoms with Gasteiger partial charge in [-0.3, -0.25) is 9.52 Å². The molecule has 224 valence electrons. The van der Waals surface area contributed by atoms with Gasteiger partial charge in [0.2, 0.25) is 10.0 Å². The summed E-state index contributed by atoms with van der Waals surface area (Å²) < 4.78 is 67.8. The highest BCUT2D eigenvalue weighted by molar-refractivity contribution is 7.92. The summed E-state index contributed by atoms with van der Waals surface area (Å²) in [5.74, 6) is -1.40. The Kier molecular flexibility index (Phi) is 7.25. The molecule has 0 radical (unpaired) electrons. The van der Waals surface area contributed by atoms with E-state index in [0.29, 0.717) is 33.2 Å². The van der Waals surface area contributed by atoms with E-state index in [2.05, 4.69) is 25.0 Å². The van der Waals surface area contributed by atoms with Crippen LogP contribution in [0, 0.1) is 11.6 Å². The number of benzene rings is 3. The number of methoxy groups -OCH3 is 1. The molecule has 6 aromatic rings. The van der Waals surface area contributed by atoms with Gasteiger partial charge in [-0.15, -0.1) is 0 Å². The molecule has 0 unspecified atom stereocenters. The zero-order valence-corrected chi connectivity index (χ0v) is 24.5. The molecule has 0 atom stereocenters. The van der Waals surface area contributed by atoms with E-state index < -0.39 is 27.6 Å². The summed E-state index contributed by atoms with van der Waals surface area (Å²) in [7, 11) is -0.943. The number of anilines is 1. The molecule has 3 N–H and O–H groups in total. The number of furan rings is 1. The van der Waals surface area contributed by atoms with Crippen molar-refractivity contribution in [3.8, 4) is 40.0 Å². The fraction of sp³-hybridized carbons (Fsp3) is 0.129. The lowest BCUT2D eigenvalue weighted by Gasteiger charge is -2.13. The molecule has 0 aliphatic heterocycles. The summed E-state index contributed by atoms with van der Waals surface area (Å²) in [6, 6.07) is 16.3. The molecule has 0 spiro atoms. The number of rotatable bonds is 8. The van der Waals surface area contributed by atoms with Gasteiger partial charge in [0, 0.05) is 40.5 Å². The van der Waals surface area contributed by atoms with Crippen LogP contribution in [0.1, 0.15) is 17.3 Å². The first kappa shape index (κ1) is 28.8. The van der Waals surface area contributed by atoms with E-state index in [9.17, 15) is 22.0 Å². The largest absolute Gasteiger partial charge is 0.467 e. The van der Waals surface area contributed by atoms with Crippen molar-refractivity contribution in [2.75, 3.05) is 24.6 Å². The van der Waals surface area contributed by atoms with Gasteiger partial charge in [0.15, 0.2) is 0 Å². The van der Waals surface area contributed by atoms with Gasteiger partial charge in [0.25, 0.3) is 5.91 Å². The molecular formula is C31H25F2N5O5S. The standard InChI is InChI=1S/C31H25F2N5O5S/c1-4-44(40,41)38-24-15-27-20(28(30(39)34-2)29(43-27)16-8-10-17(32)11-9-16)12-19(24)23-14-26(37-31(36-23)42-3)25-13-18-21(33)6-5-7-22(18)35-25/h5-15,35,38H,4H2,1-3H3,(H,34,39). The van der Waals surface area contributed by atoms with Crippen molar-refractivity contribution in [2.24, 2.45) is 0 Å². The van der Waals surface area contributed by atoms with Crippen LogP contribution in [0.15, 0.2) is 71.1 Å². The highest BCUT2D eigenvalue weighted by Gasteiger charge is 2.25. The van der Waals surface area contributed by atoms with Crippen molar-refractivity contribution in [3.05, 3.63) is 83.9 Å². The monoisotopic (exact) mass is 617 g/mol. The van der Waals surface area contributed by atoms with Crippen molar-refractivity contribution in [2.45, 2.75) is 6.92 Å². The molecule has 10 nitrogen and oxygen atoms in total. The summed E-state index contributed by atoms with van der Waals surface area (Å²) in [5.41, 5.74) is 2.82. The SMILES string of the molecule is CCS(=O)(=O)Nc1cc2oc(-c3ccc(F)cc3)c(C(=O)NC)c2cc1-c1cc(-c2cc3c(F)cccc3[nH]2)nc(OC)n1. The minimum Gasteiger partial charge on any atom is -0.467 e. The molecular weight excluding hydrogens is 592 g/mol. The predicted molar refractivity (Wildman–Crippen MR) is 163 cm³/mol. The van der Waals surface area contributed by atoms with Crippen LogP contribution in [0.2, 0.25) is 0 Å². The summed E-state index contributed by atoms with van der Waals surface area (Å²) >= 11 is 0. The minimum absolute atomic E-state index is 0.0354. The molecule has 0 saturated carbocycles. The number of nitrogens with one attached hydrogen (secondary N) is 3. The summed E-state index contributed by atoms with van der Waals surface area (Å²) in [6.07, 6.45) is 0. The number of fused-ring (bicyclic) bond motifs is 2.